The van der Waals surface area contributed by atoms with Crippen LogP contribution in [0.4, 0.5) is 0 Å². The number of fused-ring (bicyclic) bond motifs is 2. The molecule has 0 aromatic heterocycles. The van der Waals surface area contributed by atoms with E-state index in [4.69, 9.17) is 21.3 Å². The topological polar surface area (TPSA) is 45.7 Å². The molecule has 3 unspecified atom stereocenters. The summed E-state index contributed by atoms with van der Waals surface area (Å²) in [6.45, 7) is 3.79. The van der Waals surface area contributed by atoms with Gasteiger partial charge in [0.25, 0.3) is 0 Å². The normalized spacial score (nSPS) is 30.4. The van der Waals surface area contributed by atoms with Gasteiger partial charge in [-0.2, -0.15) is 0 Å². The first-order valence-corrected chi connectivity index (χ1v) is 9.53. The van der Waals surface area contributed by atoms with Gasteiger partial charge in [0.1, 0.15) is 0 Å². The van der Waals surface area contributed by atoms with Gasteiger partial charge in [-0.1, -0.05) is 23.7 Å². The molecule has 3 aliphatic rings. The molecule has 130 valence electrons. The van der Waals surface area contributed by atoms with E-state index in [1.807, 2.05) is 12.1 Å². The summed E-state index contributed by atoms with van der Waals surface area (Å²) in [5.41, 5.74) is 1.50. The van der Waals surface area contributed by atoms with Crippen LogP contribution in [0.2, 0.25) is 5.02 Å². The number of hydrogen-bond donors (Lipinski definition) is 2. The highest BCUT2D eigenvalue weighted by molar-refractivity contribution is 6.30. The molecule has 1 aromatic carbocycles. The number of guanidine groups is 1. The molecule has 2 saturated heterocycles. The molecule has 2 aliphatic heterocycles. The molecule has 4 nitrogen and oxygen atoms in total. The van der Waals surface area contributed by atoms with Crippen molar-refractivity contribution in [1.29, 1.82) is 0 Å². The van der Waals surface area contributed by atoms with E-state index in [1.165, 1.54) is 31.2 Å². The minimum absolute atomic E-state index is 0.179. The van der Waals surface area contributed by atoms with Crippen molar-refractivity contribution in [3.05, 3.63) is 34.9 Å². The second kappa shape index (κ2) is 6.57. The molecule has 3 fully saturated rings. The van der Waals surface area contributed by atoms with E-state index in [9.17, 15) is 0 Å². The molecule has 2 N–H and O–H groups in total. The number of nitrogens with zero attached hydrogens (tertiary/aromatic N) is 1. The average molecular weight is 348 g/mol. The monoisotopic (exact) mass is 347 g/mol. The fourth-order valence-electron chi connectivity index (χ4n) is 4.02. The third-order valence-corrected chi connectivity index (χ3v) is 5.84. The maximum Gasteiger partial charge on any atom is 0.191 e. The van der Waals surface area contributed by atoms with Crippen LogP contribution in [0.25, 0.3) is 0 Å². The van der Waals surface area contributed by atoms with E-state index in [1.54, 1.807) is 0 Å². The molecule has 4 rings (SSSR count). The second-order valence-electron chi connectivity index (χ2n) is 7.35. The predicted octanol–water partition coefficient (Wildman–Crippen LogP) is 3.25. The van der Waals surface area contributed by atoms with Crippen LogP contribution in [-0.2, 0) is 10.2 Å². The number of rotatable bonds is 5. The average Bonchev–Trinajstić information content (AvgIpc) is 3.09. The van der Waals surface area contributed by atoms with Gasteiger partial charge in [-0.05, 0) is 56.7 Å². The van der Waals surface area contributed by atoms with Crippen molar-refractivity contribution in [3.8, 4) is 0 Å². The SMILES string of the molecule is CCNC(=NCC1(c2cccc(Cl)c2)CC1)NC1CC2CCC1O2. The summed E-state index contributed by atoms with van der Waals surface area (Å²) < 4.78 is 5.94. The molecular formula is C19H26ClN3O. The van der Waals surface area contributed by atoms with Crippen LogP contribution in [0.15, 0.2) is 29.3 Å². The van der Waals surface area contributed by atoms with Gasteiger partial charge in [0.2, 0.25) is 0 Å². The Bertz CT molecular complexity index is 629. The number of ether oxygens (including phenoxy) is 1. The molecule has 0 radical (unpaired) electrons. The van der Waals surface area contributed by atoms with Crippen molar-refractivity contribution in [2.45, 2.75) is 62.7 Å². The van der Waals surface area contributed by atoms with Gasteiger partial charge in [0, 0.05) is 17.0 Å². The highest BCUT2D eigenvalue weighted by Crippen LogP contribution is 2.48. The lowest BCUT2D eigenvalue weighted by Gasteiger charge is -2.23. The van der Waals surface area contributed by atoms with Gasteiger partial charge in [-0.3, -0.25) is 4.99 Å². The molecule has 3 atom stereocenters. The van der Waals surface area contributed by atoms with Crippen molar-refractivity contribution in [1.82, 2.24) is 10.6 Å². The summed E-state index contributed by atoms with van der Waals surface area (Å²) in [6, 6.07) is 8.65. The van der Waals surface area contributed by atoms with Crippen LogP contribution >= 0.6 is 11.6 Å². The van der Waals surface area contributed by atoms with Crippen molar-refractivity contribution in [2.75, 3.05) is 13.1 Å². The molecule has 1 aromatic rings. The second-order valence-corrected chi connectivity index (χ2v) is 7.78. The Morgan fingerprint density at radius 1 is 1.38 bits per heavy atom. The maximum absolute atomic E-state index is 6.17. The first-order valence-electron chi connectivity index (χ1n) is 9.15. The lowest BCUT2D eigenvalue weighted by atomic mass is 9.95. The molecular weight excluding hydrogens is 322 g/mol. The fourth-order valence-corrected chi connectivity index (χ4v) is 4.21. The van der Waals surface area contributed by atoms with Crippen LogP contribution in [0, 0.1) is 0 Å². The first kappa shape index (κ1) is 16.2. The zero-order valence-corrected chi connectivity index (χ0v) is 15.0. The summed E-state index contributed by atoms with van der Waals surface area (Å²) in [5, 5.41) is 7.80. The van der Waals surface area contributed by atoms with Crippen molar-refractivity contribution >= 4 is 17.6 Å². The molecule has 24 heavy (non-hydrogen) atoms. The van der Waals surface area contributed by atoms with Crippen LogP contribution in [-0.4, -0.2) is 37.3 Å². The zero-order valence-electron chi connectivity index (χ0n) is 14.2. The molecule has 0 amide bonds. The predicted molar refractivity (Wildman–Crippen MR) is 97.8 cm³/mol. The van der Waals surface area contributed by atoms with E-state index < -0.39 is 0 Å². The summed E-state index contributed by atoms with van der Waals surface area (Å²) in [7, 11) is 0. The van der Waals surface area contributed by atoms with Crippen LogP contribution in [0.3, 0.4) is 0 Å². The minimum Gasteiger partial charge on any atom is -0.373 e. The Hall–Kier alpha value is -1.26. The zero-order chi connectivity index (χ0) is 16.6. The quantitative estimate of drug-likeness (QED) is 0.635. The molecule has 2 bridgehead atoms. The standard InChI is InChI=1S/C19H26ClN3O/c1-2-21-18(23-16-11-15-6-7-17(16)24-15)22-12-19(8-9-19)13-4-3-5-14(20)10-13/h3-5,10,15-17H,2,6-9,11-12H2,1H3,(H2,21,22,23). The van der Waals surface area contributed by atoms with Crippen molar-refractivity contribution in [2.24, 2.45) is 4.99 Å². The van der Waals surface area contributed by atoms with Crippen LogP contribution in [0.1, 0.15) is 44.6 Å². The van der Waals surface area contributed by atoms with Gasteiger partial charge in [-0.25, -0.2) is 0 Å². The van der Waals surface area contributed by atoms with Crippen LogP contribution < -0.4 is 10.6 Å². The summed E-state index contributed by atoms with van der Waals surface area (Å²) in [6.07, 6.45) is 6.69. The summed E-state index contributed by atoms with van der Waals surface area (Å²) >= 11 is 6.17. The van der Waals surface area contributed by atoms with Gasteiger partial charge in [-0.15, -0.1) is 0 Å². The highest BCUT2D eigenvalue weighted by Gasteiger charge is 2.44. The van der Waals surface area contributed by atoms with E-state index in [2.05, 4.69) is 29.7 Å². The Balaban J connectivity index is 1.43. The van der Waals surface area contributed by atoms with Crippen molar-refractivity contribution < 1.29 is 4.74 Å². The lowest BCUT2D eigenvalue weighted by Crippen LogP contribution is -2.47. The molecule has 2 heterocycles. The number of aliphatic imine (C=N–C) groups is 1. The minimum atomic E-state index is 0.179. The Labute approximate surface area is 149 Å². The van der Waals surface area contributed by atoms with E-state index in [0.29, 0.717) is 18.2 Å². The first-order chi connectivity index (χ1) is 11.7. The lowest BCUT2D eigenvalue weighted by molar-refractivity contribution is 0.0992. The maximum atomic E-state index is 6.17. The Morgan fingerprint density at radius 2 is 2.25 bits per heavy atom. The fraction of sp³-hybridized carbons (Fsp3) is 0.632. The molecule has 1 aliphatic carbocycles. The number of nitrogens with one attached hydrogen (secondary N) is 2. The molecule has 5 heteroatoms. The Morgan fingerprint density at radius 3 is 2.88 bits per heavy atom. The van der Waals surface area contributed by atoms with Gasteiger partial charge in [0.05, 0.1) is 24.8 Å². The smallest absolute Gasteiger partial charge is 0.191 e. The van der Waals surface area contributed by atoms with Gasteiger partial charge in [0.15, 0.2) is 5.96 Å². The van der Waals surface area contributed by atoms with Crippen LogP contribution in [0.5, 0.6) is 0 Å². The van der Waals surface area contributed by atoms with Gasteiger partial charge >= 0.3 is 0 Å². The molecule has 0 spiro atoms. The van der Waals surface area contributed by atoms with E-state index >= 15 is 0 Å². The van der Waals surface area contributed by atoms with Crippen molar-refractivity contribution in [3.63, 3.8) is 0 Å². The summed E-state index contributed by atoms with van der Waals surface area (Å²) in [5.74, 6) is 0.923. The number of hydrogen-bond acceptors (Lipinski definition) is 2. The Kier molecular flexibility index (Phi) is 4.44. The third kappa shape index (κ3) is 3.27. The largest absolute Gasteiger partial charge is 0.373 e. The number of benzene rings is 1. The van der Waals surface area contributed by atoms with Gasteiger partial charge < -0.3 is 15.4 Å². The number of halogens is 1. The van der Waals surface area contributed by atoms with E-state index in [-0.39, 0.29) is 5.41 Å². The molecule has 1 saturated carbocycles. The highest BCUT2D eigenvalue weighted by atomic mass is 35.5. The van der Waals surface area contributed by atoms with E-state index in [0.717, 1.165) is 30.5 Å². The third-order valence-electron chi connectivity index (χ3n) is 5.60. The summed E-state index contributed by atoms with van der Waals surface area (Å²) in [4.78, 5) is 4.90.